The van der Waals surface area contributed by atoms with Crippen LogP contribution in [0.5, 0.6) is 34.5 Å². The topological polar surface area (TPSA) is 79.5 Å². The standard InChI is InChI=1S/C32H21ClO7/c1-35-27-21-23(34)24(15-11-13-16(33)14-12-15)37-28(21)31(36-2)29-22(27)30-32(40-29)39-26-20-10-6-4-8-18(20)17-7-3-5-9-19(17)25(26)38-30/h3-14,30,32,34H,1-2H3. The molecule has 0 bridgehead atoms. The van der Waals surface area contributed by atoms with Crippen LogP contribution in [-0.4, -0.2) is 25.6 Å². The van der Waals surface area contributed by atoms with Crippen LogP contribution in [0.15, 0.2) is 77.2 Å². The minimum atomic E-state index is -0.820. The second-order valence-corrected chi connectivity index (χ2v) is 10.1. The molecule has 1 aromatic heterocycles. The first-order valence-corrected chi connectivity index (χ1v) is 13.1. The largest absolute Gasteiger partial charge is 0.504 e. The number of furan rings is 1. The summed E-state index contributed by atoms with van der Waals surface area (Å²) in [5.74, 6) is 2.43. The summed E-state index contributed by atoms with van der Waals surface area (Å²) in [6.45, 7) is 0. The Morgan fingerprint density at radius 3 is 1.90 bits per heavy atom. The van der Waals surface area contributed by atoms with E-state index in [1.54, 1.807) is 24.3 Å². The molecule has 1 N–H and O–H groups in total. The third kappa shape index (κ3) is 3.01. The maximum atomic E-state index is 11.4. The van der Waals surface area contributed by atoms with Gasteiger partial charge in [-0.3, -0.25) is 0 Å². The molecule has 0 saturated heterocycles. The van der Waals surface area contributed by atoms with Crippen LogP contribution in [0.25, 0.3) is 43.8 Å². The molecule has 7 nitrogen and oxygen atoms in total. The van der Waals surface area contributed by atoms with Gasteiger partial charge in [0.05, 0.1) is 19.8 Å². The van der Waals surface area contributed by atoms with Crippen molar-refractivity contribution < 1.29 is 33.2 Å². The zero-order valence-corrected chi connectivity index (χ0v) is 22.1. The average molecular weight is 553 g/mol. The molecule has 8 heteroatoms. The third-order valence-corrected chi connectivity index (χ3v) is 7.86. The molecule has 2 aliphatic heterocycles. The number of aromatic hydroxyl groups is 1. The van der Waals surface area contributed by atoms with E-state index in [0.29, 0.717) is 50.3 Å². The molecular formula is C32H21ClO7. The second-order valence-electron chi connectivity index (χ2n) is 9.69. The Balaban J connectivity index is 1.36. The Labute approximate surface area is 232 Å². The van der Waals surface area contributed by atoms with E-state index in [4.69, 9.17) is 39.7 Å². The number of ether oxygens (including phenoxy) is 5. The summed E-state index contributed by atoms with van der Waals surface area (Å²) in [7, 11) is 3.05. The summed E-state index contributed by atoms with van der Waals surface area (Å²) < 4.78 is 37.5. The molecular weight excluding hydrogens is 532 g/mol. The lowest BCUT2D eigenvalue weighted by Crippen LogP contribution is -2.33. The first-order valence-electron chi connectivity index (χ1n) is 12.7. The minimum absolute atomic E-state index is 0.0905. The van der Waals surface area contributed by atoms with Gasteiger partial charge in [-0.2, -0.15) is 0 Å². The van der Waals surface area contributed by atoms with Crippen molar-refractivity contribution in [2.24, 2.45) is 0 Å². The molecule has 0 amide bonds. The number of hydrogen-bond acceptors (Lipinski definition) is 7. The highest BCUT2D eigenvalue weighted by molar-refractivity contribution is 6.30. The molecule has 2 atom stereocenters. The Kier molecular flexibility index (Phi) is 4.85. The molecule has 0 spiro atoms. The number of halogens is 1. The van der Waals surface area contributed by atoms with Crippen LogP contribution in [0.3, 0.4) is 0 Å². The molecule has 6 aromatic rings. The smallest absolute Gasteiger partial charge is 0.282 e. The number of hydrogen-bond donors (Lipinski definition) is 1. The zero-order chi connectivity index (χ0) is 27.1. The summed E-state index contributed by atoms with van der Waals surface area (Å²) in [5.41, 5.74) is 1.50. The number of rotatable bonds is 3. The summed E-state index contributed by atoms with van der Waals surface area (Å²) in [4.78, 5) is 0. The van der Waals surface area contributed by atoms with E-state index in [-0.39, 0.29) is 17.1 Å². The number of benzene rings is 5. The van der Waals surface area contributed by atoms with E-state index < -0.39 is 12.4 Å². The molecule has 2 aliphatic rings. The molecule has 198 valence electrons. The SMILES string of the molecule is COc1c2c(c(OC)c3c(O)c(-c4ccc(Cl)cc4)oc13)C1Oc3c(c4ccccc4c4ccccc34)OC1O2. The molecule has 0 saturated carbocycles. The van der Waals surface area contributed by atoms with Crippen LogP contribution >= 0.6 is 11.6 Å². The van der Waals surface area contributed by atoms with Gasteiger partial charge in [0.25, 0.3) is 6.29 Å². The van der Waals surface area contributed by atoms with E-state index in [2.05, 4.69) is 12.1 Å². The third-order valence-electron chi connectivity index (χ3n) is 7.61. The summed E-state index contributed by atoms with van der Waals surface area (Å²) in [6, 6.07) is 23.1. The highest BCUT2D eigenvalue weighted by atomic mass is 35.5. The normalized spacial score (nSPS) is 17.1. The maximum Gasteiger partial charge on any atom is 0.282 e. The van der Waals surface area contributed by atoms with Gasteiger partial charge in [-0.1, -0.05) is 60.1 Å². The molecule has 3 heterocycles. The maximum absolute atomic E-state index is 11.4. The highest BCUT2D eigenvalue weighted by Crippen LogP contribution is 2.61. The van der Waals surface area contributed by atoms with Gasteiger partial charge in [-0.15, -0.1) is 0 Å². The predicted octanol–water partition coefficient (Wildman–Crippen LogP) is 8.01. The Morgan fingerprint density at radius 2 is 1.27 bits per heavy atom. The Morgan fingerprint density at radius 1 is 0.700 bits per heavy atom. The summed E-state index contributed by atoms with van der Waals surface area (Å²) in [5, 5.41) is 16.3. The second kappa shape index (κ2) is 8.37. The molecule has 8 rings (SSSR count). The van der Waals surface area contributed by atoms with Crippen LogP contribution in [0.4, 0.5) is 0 Å². The minimum Gasteiger partial charge on any atom is -0.504 e. The first kappa shape index (κ1) is 23.2. The van der Waals surface area contributed by atoms with Crippen molar-refractivity contribution in [2.45, 2.75) is 12.4 Å². The van der Waals surface area contributed by atoms with Crippen molar-refractivity contribution in [1.82, 2.24) is 0 Å². The molecule has 5 aromatic carbocycles. The molecule has 40 heavy (non-hydrogen) atoms. The molecule has 2 unspecified atom stereocenters. The summed E-state index contributed by atoms with van der Waals surface area (Å²) >= 11 is 6.07. The van der Waals surface area contributed by atoms with Crippen LogP contribution in [0.2, 0.25) is 5.02 Å². The van der Waals surface area contributed by atoms with Crippen molar-refractivity contribution >= 4 is 44.1 Å². The van der Waals surface area contributed by atoms with E-state index in [1.165, 1.54) is 14.2 Å². The highest BCUT2D eigenvalue weighted by Gasteiger charge is 2.49. The molecule has 0 radical (unpaired) electrons. The Hall–Kier alpha value is -4.75. The monoisotopic (exact) mass is 552 g/mol. The lowest BCUT2D eigenvalue weighted by Gasteiger charge is -2.30. The van der Waals surface area contributed by atoms with Crippen molar-refractivity contribution in [3.8, 4) is 45.8 Å². The van der Waals surface area contributed by atoms with Gasteiger partial charge in [-0.05, 0) is 35.0 Å². The van der Waals surface area contributed by atoms with Gasteiger partial charge < -0.3 is 33.2 Å². The van der Waals surface area contributed by atoms with E-state index >= 15 is 0 Å². The van der Waals surface area contributed by atoms with Gasteiger partial charge in [0, 0.05) is 21.4 Å². The van der Waals surface area contributed by atoms with Gasteiger partial charge in [0.15, 0.2) is 34.3 Å². The summed E-state index contributed by atoms with van der Waals surface area (Å²) in [6.07, 6.45) is -1.52. The molecule has 0 aliphatic carbocycles. The quantitative estimate of drug-likeness (QED) is 0.223. The van der Waals surface area contributed by atoms with Gasteiger partial charge in [0.2, 0.25) is 11.9 Å². The van der Waals surface area contributed by atoms with Gasteiger partial charge in [0.1, 0.15) is 11.1 Å². The predicted molar refractivity (Wildman–Crippen MR) is 151 cm³/mol. The number of methoxy groups -OCH3 is 2. The van der Waals surface area contributed by atoms with Gasteiger partial charge >= 0.3 is 0 Å². The fraction of sp³-hybridized carbons (Fsp3) is 0.125. The van der Waals surface area contributed by atoms with Crippen LogP contribution in [-0.2, 0) is 0 Å². The van der Waals surface area contributed by atoms with Crippen LogP contribution in [0, 0.1) is 0 Å². The lowest BCUT2D eigenvalue weighted by atomic mass is 9.98. The Bertz CT molecular complexity index is 1990. The fourth-order valence-electron chi connectivity index (χ4n) is 5.89. The van der Waals surface area contributed by atoms with Crippen molar-refractivity contribution in [2.75, 3.05) is 14.2 Å². The van der Waals surface area contributed by atoms with Crippen molar-refractivity contribution in [1.29, 1.82) is 0 Å². The average Bonchev–Trinajstić information content (AvgIpc) is 3.53. The first-order chi connectivity index (χ1) is 19.6. The number of fused-ring (bicyclic) bond motifs is 10. The fourth-order valence-corrected chi connectivity index (χ4v) is 6.02. The van der Waals surface area contributed by atoms with E-state index in [9.17, 15) is 5.11 Å². The lowest BCUT2D eigenvalue weighted by molar-refractivity contribution is -0.0745. The van der Waals surface area contributed by atoms with Crippen molar-refractivity contribution in [3.05, 3.63) is 83.4 Å². The van der Waals surface area contributed by atoms with Crippen LogP contribution < -0.4 is 23.7 Å². The van der Waals surface area contributed by atoms with E-state index in [0.717, 1.165) is 21.5 Å². The van der Waals surface area contributed by atoms with Crippen LogP contribution in [0.1, 0.15) is 11.7 Å². The van der Waals surface area contributed by atoms with Crippen molar-refractivity contribution in [3.63, 3.8) is 0 Å². The zero-order valence-electron chi connectivity index (χ0n) is 21.4. The van der Waals surface area contributed by atoms with Gasteiger partial charge in [-0.25, -0.2) is 0 Å². The molecule has 0 fully saturated rings. The van der Waals surface area contributed by atoms with E-state index in [1.807, 2.05) is 36.4 Å².